The van der Waals surface area contributed by atoms with E-state index in [2.05, 4.69) is 43.2 Å². The molecule has 4 heteroatoms. The van der Waals surface area contributed by atoms with Crippen molar-refractivity contribution in [3.8, 4) is 5.75 Å². The number of aromatic nitrogens is 1. The van der Waals surface area contributed by atoms with Crippen molar-refractivity contribution in [1.29, 1.82) is 0 Å². The Morgan fingerprint density at radius 1 is 1.35 bits per heavy atom. The molecule has 0 fully saturated rings. The van der Waals surface area contributed by atoms with Crippen molar-refractivity contribution in [3.05, 3.63) is 45.9 Å². The number of thiazole rings is 1. The molecule has 0 aliphatic heterocycles. The summed E-state index contributed by atoms with van der Waals surface area (Å²) < 4.78 is 5.47. The summed E-state index contributed by atoms with van der Waals surface area (Å²) in [6.45, 7) is 6.45. The summed E-state index contributed by atoms with van der Waals surface area (Å²) in [5.41, 5.74) is 4.24. The van der Waals surface area contributed by atoms with Crippen molar-refractivity contribution in [2.75, 3.05) is 7.11 Å². The normalized spacial score (nSPS) is 14.0. The molecule has 2 unspecified atom stereocenters. The molecule has 108 valence electrons. The van der Waals surface area contributed by atoms with Crippen LogP contribution in [-0.4, -0.2) is 12.1 Å². The molecule has 2 rings (SSSR count). The van der Waals surface area contributed by atoms with Gasteiger partial charge in [-0.05, 0) is 26.3 Å². The number of aryl methyl sites for hydroxylation is 1. The third kappa shape index (κ3) is 3.19. The van der Waals surface area contributed by atoms with Crippen LogP contribution in [0.15, 0.2) is 29.8 Å². The van der Waals surface area contributed by atoms with Crippen LogP contribution in [-0.2, 0) is 0 Å². The largest absolute Gasteiger partial charge is 0.496 e. The number of hydrogen-bond donors (Lipinski definition) is 1. The lowest BCUT2D eigenvalue weighted by Crippen LogP contribution is -2.24. The van der Waals surface area contributed by atoms with Crippen LogP contribution < -0.4 is 10.1 Å². The lowest BCUT2D eigenvalue weighted by molar-refractivity contribution is 0.389. The van der Waals surface area contributed by atoms with Crippen molar-refractivity contribution >= 4 is 11.3 Å². The molecule has 0 saturated carbocycles. The monoisotopic (exact) mass is 290 g/mol. The molecule has 0 spiro atoms. The molecule has 0 radical (unpaired) electrons. The highest BCUT2D eigenvalue weighted by Gasteiger charge is 2.19. The second kappa shape index (κ2) is 6.86. The van der Waals surface area contributed by atoms with Gasteiger partial charge in [-0.3, -0.25) is 0 Å². The zero-order valence-corrected chi connectivity index (χ0v) is 13.3. The van der Waals surface area contributed by atoms with Crippen LogP contribution in [0, 0.1) is 6.92 Å². The summed E-state index contributed by atoms with van der Waals surface area (Å²) in [4.78, 5) is 5.64. The van der Waals surface area contributed by atoms with Crippen LogP contribution in [0.3, 0.4) is 0 Å². The first-order chi connectivity index (χ1) is 9.67. The molecule has 2 atom stereocenters. The summed E-state index contributed by atoms with van der Waals surface area (Å²) in [6.07, 6.45) is 1.02. The molecule has 1 N–H and O–H groups in total. The average molecular weight is 290 g/mol. The van der Waals surface area contributed by atoms with Crippen molar-refractivity contribution < 1.29 is 4.74 Å². The van der Waals surface area contributed by atoms with Crippen molar-refractivity contribution in [2.24, 2.45) is 0 Å². The first kappa shape index (κ1) is 15.0. The van der Waals surface area contributed by atoms with Gasteiger partial charge in [-0.25, -0.2) is 4.98 Å². The number of rotatable bonds is 6. The SMILES string of the molecule is CCC(NC(C)c1scnc1C)c1ccccc1OC. The van der Waals surface area contributed by atoms with E-state index < -0.39 is 0 Å². The predicted octanol–water partition coefficient (Wildman–Crippen LogP) is 4.26. The van der Waals surface area contributed by atoms with Gasteiger partial charge in [0, 0.05) is 22.5 Å². The molecule has 20 heavy (non-hydrogen) atoms. The van der Waals surface area contributed by atoms with Gasteiger partial charge in [0.25, 0.3) is 0 Å². The predicted molar refractivity (Wildman–Crippen MR) is 84.4 cm³/mol. The Kier molecular flexibility index (Phi) is 5.15. The van der Waals surface area contributed by atoms with Crippen LogP contribution in [0.4, 0.5) is 0 Å². The van der Waals surface area contributed by atoms with Crippen LogP contribution >= 0.6 is 11.3 Å². The summed E-state index contributed by atoms with van der Waals surface area (Å²) in [5, 5.41) is 3.69. The number of benzene rings is 1. The maximum atomic E-state index is 5.47. The number of para-hydroxylation sites is 1. The zero-order chi connectivity index (χ0) is 14.5. The number of hydrogen-bond acceptors (Lipinski definition) is 4. The molecule has 2 aromatic rings. The Morgan fingerprint density at radius 2 is 2.10 bits per heavy atom. The molecular weight excluding hydrogens is 268 g/mol. The van der Waals surface area contributed by atoms with Gasteiger partial charge in [0.15, 0.2) is 0 Å². The minimum atomic E-state index is 0.280. The lowest BCUT2D eigenvalue weighted by Gasteiger charge is -2.24. The highest BCUT2D eigenvalue weighted by Crippen LogP contribution is 2.30. The summed E-state index contributed by atoms with van der Waals surface area (Å²) in [6, 6.07) is 8.78. The Morgan fingerprint density at radius 3 is 2.70 bits per heavy atom. The first-order valence-electron chi connectivity index (χ1n) is 6.96. The van der Waals surface area contributed by atoms with E-state index in [1.54, 1.807) is 18.4 Å². The number of methoxy groups -OCH3 is 1. The minimum Gasteiger partial charge on any atom is -0.496 e. The first-order valence-corrected chi connectivity index (χ1v) is 7.84. The van der Waals surface area contributed by atoms with Gasteiger partial charge in [-0.2, -0.15) is 0 Å². The van der Waals surface area contributed by atoms with Crippen molar-refractivity contribution in [1.82, 2.24) is 10.3 Å². The average Bonchev–Trinajstić information content (AvgIpc) is 2.90. The molecule has 0 aliphatic carbocycles. The van der Waals surface area contributed by atoms with Gasteiger partial charge in [0.1, 0.15) is 5.75 Å². The maximum Gasteiger partial charge on any atom is 0.123 e. The van der Waals surface area contributed by atoms with E-state index in [0.717, 1.165) is 17.9 Å². The van der Waals surface area contributed by atoms with Crippen LogP contribution in [0.1, 0.15) is 48.5 Å². The second-order valence-corrected chi connectivity index (χ2v) is 5.78. The fraction of sp³-hybridized carbons (Fsp3) is 0.438. The van der Waals surface area contributed by atoms with Gasteiger partial charge in [-0.15, -0.1) is 11.3 Å². The molecule has 0 saturated heterocycles. The van der Waals surface area contributed by atoms with Crippen molar-refractivity contribution in [2.45, 2.75) is 39.3 Å². The number of ether oxygens (including phenoxy) is 1. The smallest absolute Gasteiger partial charge is 0.123 e. The summed E-state index contributed by atoms with van der Waals surface area (Å²) in [5.74, 6) is 0.945. The summed E-state index contributed by atoms with van der Waals surface area (Å²) in [7, 11) is 1.72. The van der Waals surface area contributed by atoms with E-state index in [1.807, 2.05) is 17.6 Å². The van der Waals surface area contributed by atoms with Crippen LogP contribution in [0.2, 0.25) is 0 Å². The van der Waals surface area contributed by atoms with Gasteiger partial charge in [0.2, 0.25) is 0 Å². The minimum absolute atomic E-state index is 0.280. The van der Waals surface area contributed by atoms with E-state index >= 15 is 0 Å². The Bertz CT molecular complexity index is 553. The van der Waals surface area contributed by atoms with E-state index in [4.69, 9.17) is 4.74 Å². The quantitative estimate of drug-likeness (QED) is 0.863. The van der Waals surface area contributed by atoms with E-state index in [0.29, 0.717) is 0 Å². The number of nitrogens with zero attached hydrogens (tertiary/aromatic N) is 1. The second-order valence-electron chi connectivity index (χ2n) is 4.89. The Balaban J connectivity index is 2.19. The van der Waals surface area contributed by atoms with E-state index in [-0.39, 0.29) is 12.1 Å². The Hall–Kier alpha value is -1.39. The molecule has 3 nitrogen and oxygen atoms in total. The molecule has 1 heterocycles. The maximum absolute atomic E-state index is 5.47. The topological polar surface area (TPSA) is 34.2 Å². The molecular formula is C16H22N2OS. The standard InChI is InChI=1S/C16H22N2OS/c1-5-14(13-8-6-7-9-15(13)19-4)18-12(3)16-11(2)17-10-20-16/h6-10,12,14,18H,5H2,1-4H3. The van der Waals surface area contributed by atoms with E-state index in [1.165, 1.54) is 10.4 Å². The fourth-order valence-corrected chi connectivity index (χ4v) is 3.31. The highest BCUT2D eigenvalue weighted by atomic mass is 32.1. The fourth-order valence-electron chi connectivity index (χ4n) is 2.49. The Labute approximate surface area is 125 Å². The van der Waals surface area contributed by atoms with Gasteiger partial charge >= 0.3 is 0 Å². The highest BCUT2D eigenvalue weighted by molar-refractivity contribution is 7.09. The lowest BCUT2D eigenvalue weighted by atomic mass is 10.0. The third-order valence-electron chi connectivity index (χ3n) is 3.55. The third-order valence-corrected chi connectivity index (χ3v) is 4.66. The van der Waals surface area contributed by atoms with Gasteiger partial charge in [-0.1, -0.05) is 25.1 Å². The number of nitrogens with one attached hydrogen (secondary N) is 1. The van der Waals surface area contributed by atoms with Gasteiger partial charge in [0.05, 0.1) is 18.3 Å². The van der Waals surface area contributed by atoms with E-state index in [9.17, 15) is 0 Å². The zero-order valence-electron chi connectivity index (χ0n) is 12.5. The van der Waals surface area contributed by atoms with Gasteiger partial charge < -0.3 is 10.1 Å². The molecule has 0 aliphatic rings. The molecule has 0 amide bonds. The molecule has 1 aromatic carbocycles. The molecule has 1 aromatic heterocycles. The van der Waals surface area contributed by atoms with Crippen LogP contribution in [0.25, 0.3) is 0 Å². The molecule has 0 bridgehead atoms. The van der Waals surface area contributed by atoms with Crippen molar-refractivity contribution in [3.63, 3.8) is 0 Å². The summed E-state index contributed by atoms with van der Waals surface area (Å²) >= 11 is 1.71. The van der Waals surface area contributed by atoms with Crippen LogP contribution in [0.5, 0.6) is 5.75 Å².